The monoisotopic (exact) mass is 270 g/mol. The van der Waals surface area contributed by atoms with Crippen LogP contribution in [0.4, 0.5) is 4.39 Å². The van der Waals surface area contributed by atoms with Crippen LogP contribution in [0.2, 0.25) is 0 Å². The average molecular weight is 270 g/mol. The second-order valence-electron chi connectivity index (χ2n) is 4.50. The van der Waals surface area contributed by atoms with E-state index in [1.165, 1.54) is 6.07 Å². The van der Waals surface area contributed by atoms with Gasteiger partial charge in [0.15, 0.2) is 0 Å². The van der Waals surface area contributed by atoms with Crippen LogP contribution in [-0.2, 0) is 19.7 Å². The number of nitrogens with zero attached hydrogens (tertiary/aromatic N) is 1. The van der Waals surface area contributed by atoms with Crippen molar-refractivity contribution < 1.29 is 9.50 Å². The summed E-state index contributed by atoms with van der Waals surface area (Å²) >= 11 is 0. The van der Waals surface area contributed by atoms with Gasteiger partial charge in [-0.15, -0.1) is 0 Å². The van der Waals surface area contributed by atoms with Gasteiger partial charge in [0.1, 0.15) is 5.82 Å². The minimum atomic E-state index is -0.374. The van der Waals surface area contributed by atoms with Gasteiger partial charge in [0, 0.05) is 18.7 Å². The summed E-state index contributed by atoms with van der Waals surface area (Å²) in [6.07, 6.45) is 0. The average Bonchev–Trinajstić information content (AvgIpc) is 2.49. The molecule has 0 aromatic heterocycles. The summed E-state index contributed by atoms with van der Waals surface area (Å²) in [4.78, 5) is 0. The lowest BCUT2D eigenvalue weighted by Crippen LogP contribution is -2.14. The first-order chi connectivity index (χ1) is 9.72. The number of rotatable bonds is 5. The zero-order chi connectivity index (χ0) is 14.4. The normalized spacial score (nSPS) is 10.2. The number of hydrogen-bond donors (Lipinski definition) is 2. The molecule has 0 aliphatic carbocycles. The van der Waals surface area contributed by atoms with Crippen molar-refractivity contribution in [2.24, 2.45) is 0 Å². The standard InChI is InChI=1S/C16H15FN2O/c17-16-7-12(8-18)4-5-15(16)10-19-9-13-2-1-3-14(6-13)11-20/h1-7,19-20H,9-11H2. The van der Waals surface area contributed by atoms with E-state index in [-0.39, 0.29) is 12.4 Å². The van der Waals surface area contributed by atoms with Crippen LogP contribution in [-0.4, -0.2) is 5.11 Å². The molecular formula is C16H15FN2O. The minimum absolute atomic E-state index is 0.0120. The molecule has 2 N–H and O–H groups in total. The maximum Gasteiger partial charge on any atom is 0.129 e. The molecule has 0 amide bonds. The van der Waals surface area contributed by atoms with Gasteiger partial charge in [0.05, 0.1) is 18.2 Å². The Morgan fingerprint density at radius 2 is 1.90 bits per heavy atom. The summed E-state index contributed by atoms with van der Waals surface area (Å²) in [6, 6.07) is 13.9. The van der Waals surface area contributed by atoms with E-state index < -0.39 is 0 Å². The van der Waals surface area contributed by atoms with Crippen LogP contribution < -0.4 is 5.32 Å². The summed E-state index contributed by atoms with van der Waals surface area (Å²) in [7, 11) is 0. The number of aliphatic hydroxyl groups is 1. The molecule has 0 unspecified atom stereocenters. The number of aliphatic hydroxyl groups excluding tert-OH is 1. The van der Waals surface area contributed by atoms with E-state index in [0.717, 1.165) is 11.1 Å². The summed E-state index contributed by atoms with van der Waals surface area (Å²) < 4.78 is 13.7. The lowest BCUT2D eigenvalue weighted by atomic mass is 10.1. The van der Waals surface area contributed by atoms with E-state index >= 15 is 0 Å². The van der Waals surface area contributed by atoms with E-state index in [0.29, 0.717) is 24.2 Å². The maximum atomic E-state index is 13.7. The Morgan fingerprint density at radius 3 is 2.60 bits per heavy atom. The minimum Gasteiger partial charge on any atom is -0.392 e. The Bertz CT molecular complexity index is 635. The van der Waals surface area contributed by atoms with Crippen molar-refractivity contribution >= 4 is 0 Å². The van der Waals surface area contributed by atoms with Crippen molar-refractivity contribution in [3.63, 3.8) is 0 Å². The Kier molecular flexibility index (Phi) is 4.83. The molecule has 0 saturated heterocycles. The SMILES string of the molecule is N#Cc1ccc(CNCc2cccc(CO)c2)c(F)c1. The van der Waals surface area contributed by atoms with Crippen LogP contribution in [0, 0.1) is 17.1 Å². The smallest absolute Gasteiger partial charge is 0.129 e. The fourth-order valence-corrected chi connectivity index (χ4v) is 1.94. The maximum absolute atomic E-state index is 13.7. The second-order valence-corrected chi connectivity index (χ2v) is 4.50. The predicted molar refractivity (Wildman–Crippen MR) is 74.0 cm³/mol. The topological polar surface area (TPSA) is 56.0 Å². The lowest BCUT2D eigenvalue weighted by Gasteiger charge is -2.07. The molecule has 0 saturated carbocycles. The number of benzene rings is 2. The zero-order valence-corrected chi connectivity index (χ0v) is 10.9. The Balaban J connectivity index is 1.94. The fraction of sp³-hybridized carbons (Fsp3) is 0.188. The number of nitrogens with one attached hydrogen (secondary N) is 1. The molecule has 2 aromatic rings. The summed E-state index contributed by atoms with van der Waals surface area (Å²) in [5.74, 6) is -0.374. The van der Waals surface area contributed by atoms with E-state index in [2.05, 4.69) is 5.32 Å². The highest BCUT2D eigenvalue weighted by Gasteiger charge is 2.03. The Labute approximate surface area is 117 Å². The highest BCUT2D eigenvalue weighted by atomic mass is 19.1. The van der Waals surface area contributed by atoms with Crippen molar-refractivity contribution in [2.45, 2.75) is 19.7 Å². The van der Waals surface area contributed by atoms with Gasteiger partial charge >= 0.3 is 0 Å². The van der Waals surface area contributed by atoms with Crippen LogP contribution in [0.5, 0.6) is 0 Å². The molecule has 0 spiro atoms. The van der Waals surface area contributed by atoms with Crippen LogP contribution in [0.25, 0.3) is 0 Å². The molecule has 0 bridgehead atoms. The summed E-state index contributed by atoms with van der Waals surface area (Å²) in [6.45, 7) is 0.992. The highest BCUT2D eigenvalue weighted by Crippen LogP contribution is 2.10. The van der Waals surface area contributed by atoms with Gasteiger partial charge in [-0.05, 0) is 23.3 Å². The van der Waals surface area contributed by atoms with Crippen molar-refractivity contribution in [3.8, 4) is 6.07 Å². The second kappa shape index (κ2) is 6.80. The molecule has 0 atom stereocenters. The molecule has 3 nitrogen and oxygen atoms in total. The molecule has 2 aromatic carbocycles. The molecule has 20 heavy (non-hydrogen) atoms. The quantitative estimate of drug-likeness (QED) is 0.877. The van der Waals surface area contributed by atoms with Crippen molar-refractivity contribution in [3.05, 3.63) is 70.5 Å². The van der Waals surface area contributed by atoms with Gasteiger partial charge < -0.3 is 10.4 Å². The third-order valence-electron chi connectivity index (χ3n) is 3.00. The number of halogens is 1. The van der Waals surface area contributed by atoms with Crippen molar-refractivity contribution in [1.82, 2.24) is 5.32 Å². The molecular weight excluding hydrogens is 255 g/mol. The van der Waals surface area contributed by atoms with Gasteiger partial charge in [0.25, 0.3) is 0 Å². The molecule has 4 heteroatoms. The molecule has 102 valence electrons. The van der Waals surface area contributed by atoms with Gasteiger partial charge in [0.2, 0.25) is 0 Å². The molecule has 0 aliphatic rings. The molecule has 0 radical (unpaired) electrons. The third-order valence-corrected chi connectivity index (χ3v) is 3.00. The van der Waals surface area contributed by atoms with Gasteiger partial charge in [-0.3, -0.25) is 0 Å². The molecule has 0 aliphatic heterocycles. The Hall–Kier alpha value is -2.22. The molecule has 0 heterocycles. The van der Waals surface area contributed by atoms with Gasteiger partial charge in [-0.2, -0.15) is 5.26 Å². The lowest BCUT2D eigenvalue weighted by molar-refractivity contribution is 0.281. The largest absolute Gasteiger partial charge is 0.392 e. The number of hydrogen-bond acceptors (Lipinski definition) is 3. The van der Waals surface area contributed by atoms with Gasteiger partial charge in [-0.25, -0.2) is 4.39 Å². The van der Waals surface area contributed by atoms with Crippen molar-refractivity contribution in [1.29, 1.82) is 5.26 Å². The fourth-order valence-electron chi connectivity index (χ4n) is 1.94. The number of nitriles is 1. The Morgan fingerprint density at radius 1 is 1.10 bits per heavy atom. The van der Waals surface area contributed by atoms with E-state index in [1.54, 1.807) is 12.1 Å². The van der Waals surface area contributed by atoms with Crippen molar-refractivity contribution in [2.75, 3.05) is 0 Å². The van der Waals surface area contributed by atoms with Crippen LogP contribution in [0.15, 0.2) is 42.5 Å². The first-order valence-corrected chi connectivity index (χ1v) is 6.31. The zero-order valence-electron chi connectivity index (χ0n) is 10.9. The van der Waals surface area contributed by atoms with Gasteiger partial charge in [-0.1, -0.05) is 30.3 Å². The molecule has 2 rings (SSSR count). The first-order valence-electron chi connectivity index (χ1n) is 6.31. The third kappa shape index (κ3) is 3.64. The van der Waals surface area contributed by atoms with E-state index in [9.17, 15) is 4.39 Å². The van der Waals surface area contributed by atoms with Crippen LogP contribution in [0.1, 0.15) is 22.3 Å². The first kappa shape index (κ1) is 14.2. The summed E-state index contributed by atoms with van der Waals surface area (Å²) in [5.41, 5.74) is 2.74. The molecule has 0 fully saturated rings. The predicted octanol–water partition coefficient (Wildman–Crippen LogP) is 2.48. The van der Waals surface area contributed by atoms with Crippen LogP contribution >= 0.6 is 0 Å². The highest BCUT2D eigenvalue weighted by molar-refractivity contribution is 5.32. The summed E-state index contributed by atoms with van der Waals surface area (Å²) in [5, 5.41) is 20.9. The van der Waals surface area contributed by atoms with Crippen LogP contribution in [0.3, 0.4) is 0 Å². The van der Waals surface area contributed by atoms with E-state index in [1.807, 2.05) is 30.3 Å². The van der Waals surface area contributed by atoms with E-state index in [4.69, 9.17) is 10.4 Å².